The zero-order valence-corrected chi connectivity index (χ0v) is 14.1. The molecular formula is C20H21NO3. The van der Waals surface area contributed by atoms with Gasteiger partial charge in [-0.25, -0.2) is 9.79 Å². The molecule has 0 bridgehead atoms. The molecule has 0 aliphatic heterocycles. The van der Waals surface area contributed by atoms with Crippen molar-refractivity contribution in [3.05, 3.63) is 77.5 Å². The summed E-state index contributed by atoms with van der Waals surface area (Å²) in [5.41, 5.74) is 2.10. The molecule has 4 heteroatoms. The number of hydrogen-bond acceptors (Lipinski definition) is 4. The summed E-state index contributed by atoms with van der Waals surface area (Å²) in [5, 5.41) is 10.2. The Bertz CT molecular complexity index is 761. The number of benzene rings is 2. The van der Waals surface area contributed by atoms with Crippen LogP contribution in [0.3, 0.4) is 0 Å². The van der Waals surface area contributed by atoms with Crippen LogP contribution >= 0.6 is 0 Å². The number of nitrogens with zero attached hydrogens (tertiary/aromatic N) is 1. The molecule has 0 aromatic heterocycles. The SMILES string of the molecule is COC(=O)/C(=C/C(C)C)N=C(c1ccccc1)c1ccccc1O. The van der Waals surface area contributed by atoms with Crippen LogP contribution in [0.2, 0.25) is 0 Å². The van der Waals surface area contributed by atoms with Crippen LogP contribution in [0.1, 0.15) is 25.0 Å². The quantitative estimate of drug-likeness (QED) is 0.515. The van der Waals surface area contributed by atoms with Gasteiger partial charge in [-0.05, 0) is 24.1 Å². The standard InChI is InChI=1S/C20H21NO3/c1-14(2)13-17(20(23)24-3)21-19(15-9-5-4-6-10-15)16-11-7-8-12-18(16)22/h4-14,22H,1-3H3/b17-13-,21-19?. The van der Waals surface area contributed by atoms with Gasteiger partial charge in [0.1, 0.15) is 11.4 Å². The van der Waals surface area contributed by atoms with E-state index < -0.39 is 5.97 Å². The number of phenols is 1. The first kappa shape index (κ1) is 17.5. The number of esters is 1. The molecule has 2 aromatic rings. The van der Waals surface area contributed by atoms with Gasteiger partial charge in [0.2, 0.25) is 0 Å². The second-order valence-corrected chi connectivity index (χ2v) is 5.63. The van der Waals surface area contributed by atoms with Crippen LogP contribution in [-0.4, -0.2) is 23.9 Å². The first-order valence-corrected chi connectivity index (χ1v) is 7.75. The lowest BCUT2D eigenvalue weighted by molar-refractivity contribution is -0.136. The fourth-order valence-electron chi connectivity index (χ4n) is 2.24. The number of carbonyl (C=O) groups excluding carboxylic acids is 1. The molecule has 0 aliphatic rings. The Morgan fingerprint density at radius 2 is 1.71 bits per heavy atom. The Morgan fingerprint density at radius 1 is 1.08 bits per heavy atom. The van der Waals surface area contributed by atoms with Crippen molar-refractivity contribution in [2.24, 2.45) is 10.9 Å². The Balaban J connectivity index is 2.66. The van der Waals surface area contributed by atoms with Gasteiger partial charge in [-0.2, -0.15) is 0 Å². The van der Waals surface area contributed by atoms with E-state index in [4.69, 9.17) is 4.74 Å². The van der Waals surface area contributed by atoms with Gasteiger partial charge in [0.15, 0.2) is 0 Å². The summed E-state index contributed by atoms with van der Waals surface area (Å²) in [5.74, 6) is -0.273. The lowest BCUT2D eigenvalue weighted by atomic mass is 10.0. The van der Waals surface area contributed by atoms with Crippen molar-refractivity contribution in [3.8, 4) is 5.75 Å². The van der Waals surface area contributed by atoms with Crippen LogP contribution in [0.5, 0.6) is 5.75 Å². The Kier molecular flexibility index (Phi) is 5.90. The van der Waals surface area contributed by atoms with Crippen LogP contribution < -0.4 is 0 Å². The van der Waals surface area contributed by atoms with E-state index in [1.807, 2.05) is 50.2 Å². The van der Waals surface area contributed by atoms with Crippen molar-refractivity contribution in [1.82, 2.24) is 0 Å². The maximum Gasteiger partial charge on any atom is 0.356 e. The minimum atomic E-state index is -0.507. The highest BCUT2D eigenvalue weighted by Gasteiger charge is 2.16. The van der Waals surface area contributed by atoms with Crippen molar-refractivity contribution < 1.29 is 14.6 Å². The van der Waals surface area contributed by atoms with E-state index in [-0.39, 0.29) is 17.4 Å². The van der Waals surface area contributed by atoms with E-state index in [0.717, 1.165) is 5.56 Å². The second kappa shape index (κ2) is 8.11. The first-order chi connectivity index (χ1) is 11.5. The maximum absolute atomic E-state index is 12.1. The predicted octanol–water partition coefficient (Wildman–Crippen LogP) is 3.94. The molecule has 24 heavy (non-hydrogen) atoms. The third-order valence-corrected chi connectivity index (χ3v) is 3.32. The highest BCUT2D eigenvalue weighted by molar-refractivity contribution is 6.16. The third-order valence-electron chi connectivity index (χ3n) is 3.32. The molecule has 0 spiro atoms. The number of hydrogen-bond donors (Lipinski definition) is 1. The maximum atomic E-state index is 12.1. The summed E-state index contributed by atoms with van der Waals surface area (Å²) in [6.45, 7) is 3.92. The minimum absolute atomic E-state index is 0.105. The summed E-state index contributed by atoms with van der Waals surface area (Å²) in [6, 6.07) is 16.4. The van der Waals surface area contributed by atoms with Gasteiger partial charge in [-0.1, -0.05) is 56.3 Å². The summed E-state index contributed by atoms with van der Waals surface area (Å²) in [6.07, 6.45) is 1.74. The van der Waals surface area contributed by atoms with E-state index in [1.54, 1.807) is 24.3 Å². The number of aromatic hydroxyl groups is 1. The van der Waals surface area contributed by atoms with Gasteiger partial charge in [0.05, 0.1) is 12.8 Å². The highest BCUT2D eigenvalue weighted by Crippen LogP contribution is 2.22. The molecule has 0 saturated carbocycles. The second-order valence-electron chi connectivity index (χ2n) is 5.63. The zero-order chi connectivity index (χ0) is 17.5. The molecule has 0 aliphatic carbocycles. The molecule has 0 fully saturated rings. The Hall–Kier alpha value is -2.88. The average molecular weight is 323 g/mol. The molecule has 1 N–H and O–H groups in total. The number of allylic oxidation sites excluding steroid dienone is 1. The van der Waals surface area contributed by atoms with E-state index >= 15 is 0 Å². The van der Waals surface area contributed by atoms with Gasteiger partial charge >= 0.3 is 5.97 Å². The van der Waals surface area contributed by atoms with E-state index in [0.29, 0.717) is 11.3 Å². The smallest absolute Gasteiger partial charge is 0.356 e. The van der Waals surface area contributed by atoms with Gasteiger partial charge in [-0.15, -0.1) is 0 Å². The number of phenolic OH excluding ortho intramolecular Hbond substituents is 1. The van der Waals surface area contributed by atoms with Crippen LogP contribution in [0.15, 0.2) is 71.4 Å². The topological polar surface area (TPSA) is 58.9 Å². The molecular weight excluding hydrogens is 302 g/mol. The average Bonchev–Trinajstić information content (AvgIpc) is 2.59. The lowest BCUT2D eigenvalue weighted by Crippen LogP contribution is -2.10. The van der Waals surface area contributed by atoms with Crippen molar-refractivity contribution in [2.75, 3.05) is 7.11 Å². The van der Waals surface area contributed by atoms with Gasteiger partial charge in [-0.3, -0.25) is 0 Å². The van der Waals surface area contributed by atoms with Gasteiger partial charge in [0.25, 0.3) is 0 Å². The molecule has 0 radical (unpaired) electrons. The summed E-state index contributed by atoms with van der Waals surface area (Å²) >= 11 is 0. The Labute approximate surface area is 142 Å². The molecule has 0 atom stereocenters. The fourth-order valence-corrected chi connectivity index (χ4v) is 2.24. The van der Waals surface area contributed by atoms with Crippen molar-refractivity contribution in [3.63, 3.8) is 0 Å². The van der Waals surface area contributed by atoms with Crippen LogP contribution in [0.25, 0.3) is 0 Å². The van der Waals surface area contributed by atoms with Crippen LogP contribution in [0.4, 0.5) is 0 Å². The largest absolute Gasteiger partial charge is 0.507 e. The molecule has 4 nitrogen and oxygen atoms in total. The van der Waals surface area contributed by atoms with Crippen molar-refractivity contribution in [1.29, 1.82) is 0 Å². The van der Waals surface area contributed by atoms with Crippen molar-refractivity contribution in [2.45, 2.75) is 13.8 Å². The number of para-hydroxylation sites is 1. The van der Waals surface area contributed by atoms with Crippen LogP contribution in [-0.2, 0) is 9.53 Å². The number of methoxy groups -OCH3 is 1. The molecule has 2 rings (SSSR count). The van der Waals surface area contributed by atoms with Crippen LogP contribution in [0, 0.1) is 5.92 Å². The molecule has 0 unspecified atom stereocenters. The molecule has 2 aromatic carbocycles. The number of aliphatic imine (C=N–C) groups is 1. The molecule has 0 heterocycles. The minimum Gasteiger partial charge on any atom is -0.507 e. The lowest BCUT2D eigenvalue weighted by Gasteiger charge is -2.11. The fraction of sp³-hybridized carbons (Fsp3) is 0.200. The Morgan fingerprint density at radius 3 is 2.29 bits per heavy atom. The van der Waals surface area contributed by atoms with Crippen molar-refractivity contribution >= 4 is 11.7 Å². The number of rotatable bonds is 5. The molecule has 124 valence electrons. The monoisotopic (exact) mass is 323 g/mol. The summed E-state index contributed by atoms with van der Waals surface area (Å²) in [7, 11) is 1.33. The third kappa shape index (κ3) is 4.32. The van der Waals surface area contributed by atoms with Gasteiger partial charge in [0, 0.05) is 11.1 Å². The number of ether oxygens (including phenoxy) is 1. The normalized spacial score (nSPS) is 12.3. The summed E-state index contributed by atoms with van der Waals surface area (Å²) in [4.78, 5) is 16.6. The first-order valence-electron chi connectivity index (χ1n) is 7.75. The van der Waals surface area contributed by atoms with E-state index in [2.05, 4.69) is 4.99 Å². The van der Waals surface area contributed by atoms with E-state index in [9.17, 15) is 9.90 Å². The molecule has 0 amide bonds. The summed E-state index contributed by atoms with van der Waals surface area (Å²) < 4.78 is 4.84. The number of carbonyl (C=O) groups is 1. The zero-order valence-electron chi connectivity index (χ0n) is 14.1. The predicted molar refractivity (Wildman–Crippen MR) is 95.1 cm³/mol. The van der Waals surface area contributed by atoms with Gasteiger partial charge < -0.3 is 9.84 Å². The van der Waals surface area contributed by atoms with E-state index in [1.165, 1.54) is 7.11 Å². The molecule has 0 saturated heterocycles. The highest BCUT2D eigenvalue weighted by atomic mass is 16.5.